The minimum atomic E-state index is -0.191. The molecule has 5 rings (SSSR count). The summed E-state index contributed by atoms with van der Waals surface area (Å²) in [5.41, 5.74) is 4.33. The minimum absolute atomic E-state index is 0.191. The molecule has 1 amide bonds. The summed E-state index contributed by atoms with van der Waals surface area (Å²) in [5.74, 6) is 0.853. The van der Waals surface area contributed by atoms with Crippen LogP contribution in [0, 0.1) is 5.92 Å². The van der Waals surface area contributed by atoms with E-state index >= 15 is 0 Å². The predicted octanol–water partition coefficient (Wildman–Crippen LogP) is 3.33. The third-order valence-electron chi connectivity index (χ3n) is 7.18. The number of fused-ring (bicyclic) bond motifs is 2. The van der Waals surface area contributed by atoms with E-state index < -0.39 is 0 Å². The number of ether oxygens (including phenoxy) is 2. The summed E-state index contributed by atoms with van der Waals surface area (Å²) < 4.78 is 13.4. The number of carbonyl (C=O) groups excluding carboxylic acids is 1. The fourth-order valence-electron chi connectivity index (χ4n) is 5.77. The Labute approximate surface area is 182 Å². The molecule has 1 aliphatic carbocycles. The molecule has 2 aliphatic heterocycles. The van der Waals surface area contributed by atoms with E-state index in [1.807, 2.05) is 11.8 Å². The van der Waals surface area contributed by atoms with Crippen molar-refractivity contribution in [1.29, 1.82) is 0 Å². The highest BCUT2D eigenvalue weighted by Crippen LogP contribution is 2.47. The molecule has 0 saturated carbocycles. The van der Waals surface area contributed by atoms with Gasteiger partial charge >= 0.3 is 6.09 Å². The van der Waals surface area contributed by atoms with E-state index in [9.17, 15) is 4.79 Å². The Hall–Kier alpha value is -1.70. The summed E-state index contributed by atoms with van der Waals surface area (Å²) in [6.45, 7) is 3.94. The Kier molecular flexibility index (Phi) is 5.45. The van der Waals surface area contributed by atoms with Gasteiger partial charge in [-0.25, -0.2) is 4.79 Å². The minimum Gasteiger partial charge on any atom is -0.449 e. The van der Waals surface area contributed by atoms with Gasteiger partial charge in [0, 0.05) is 55.5 Å². The number of benzene rings is 1. The van der Waals surface area contributed by atoms with Gasteiger partial charge < -0.3 is 23.8 Å². The van der Waals surface area contributed by atoms with Gasteiger partial charge in [-0.1, -0.05) is 12.1 Å². The molecular weight excluding hydrogens is 398 g/mol. The van der Waals surface area contributed by atoms with Crippen LogP contribution >= 0.6 is 11.8 Å². The standard InChI is InChI=1S/C23H31N3O3S/c1-24-13-15(14-29-23(27)26-7-9-28-10-8-26)11-17-16-5-4-6-19-21(16)18(12-20(17)24)22(30-3)25(19)2/h4-6,15,17,20H,7-14H2,1-3H3/t15?,17-,20-/m0/s1. The SMILES string of the molecule is CSc1c2c3c(cccc3n1C)[C@@H]1CC(COC(=O)N3CCOCC3)CN(C)[C@H]1C2. The molecule has 1 unspecified atom stereocenters. The van der Waals surface area contributed by atoms with Gasteiger partial charge in [-0.3, -0.25) is 0 Å². The maximum atomic E-state index is 12.4. The Balaban J connectivity index is 1.36. The van der Waals surface area contributed by atoms with Crippen LogP contribution in [0.3, 0.4) is 0 Å². The summed E-state index contributed by atoms with van der Waals surface area (Å²) in [4.78, 5) is 16.7. The second-order valence-corrected chi connectivity index (χ2v) is 9.68. The van der Waals surface area contributed by atoms with Crippen LogP contribution in [-0.4, -0.2) is 79.3 Å². The number of hydrogen-bond acceptors (Lipinski definition) is 5. The van der Waals surface area contributed by atoms with Gasteiger partial charge in [0.15, 0.2) is 0 Å². The van der Waals surface area contributed by atoms with Crippen molar-refractivity contribution in [2.45, 2.75) is 29.8 Å². The number of hydrogen-bond donors (Lipinski definition) is 0. The molecule has 1 aromatic carbocycles. The summed E-state index contributed by atoms with van der Waals surface area (Å²) in [6.07, 6.45) is 4.17. The van der Waals surface area contributed by atoms with Gasteiger partial charge in [0.1, 0.15) is 0 Å². The van der Waals surface area contributed by atoms with Crippen LogP contribution in [0.2, 0.25) is 0 Å². The molecule has 162 valence electrons. The molecule has 3 atom stereocenters. The molecule has 30 heavy (non-hydrogen) atoms. The van der Waals surface area contributed by atoms with E-state index in [1.54, 1.807) is 4.90 Å². The van der Waals surface area contributed by atoms with Gasteiger partial charge in [0.25, 0.3) is 0 Å². The maximum absolute atomic E-state index is 12.4. The number of thioether (sulfide) groups is 1. The van der Waals surface area contributed by atoms with Crippen molar-refractivity contribution in [1.82, 2.24) is 14.4 Å². The number of likely N-dealkylation sites (N-methyl/N-ethyl adjacent to an activating group) is 1. The molecule has 6 nitrogen and oxygen atoms in total. The smallest absolute Gasteiger partial charge is 0.409 e. The largest absolute Gasteiger partial charge is 0.449 e. The Morgan fingerprint density at radius 2 is 2.07 bits per heavy atom. The average Bonchev–Trinajstić information content (AvgIpc) is 3.05. The van der Waals surface area contributed by atoms with Crippen LogP contribution in [0.5, 0.6) is 0 Å². The van der Waals surface area contributed by atoms with Crippen LogP contribution in [0.1, 0.15) is 23.5 Å². The quantitative estimate of drug-likeness (QED) is 0.701. The van der Waals surface area contributed by atoms with Crippen molar-refractivity contribution in [2.24, 2.45) is 13.0 Å². The van der Waals surface area contributed by atoms with E-state index in [4.69, 9.17) is 9.47 Å². The zero-order valence-corrected chi connectivity index (χ0v) is 18.9. The molecule has 7 heteroatoms. The molecule has 0 bridgehead atoms. The molecule has 3 heterocycles. The van der Waals surface area contributed by atoms with Gasteiger partial charge in [0.05, 0.1) is 24.8 Å². The van der Waals surface area contributed by atoms with Crippen LogP contribution in [0.4, 0.5) is 4.79 Å². The molecule has 0 N–H and O–H groups in total. The van der Waals surface area contributed by atoms with Crippen LogP contribution in [-0.2, 0) is 22.9 Å². The zero-order valence-electron chi connectivity index (χ0n) is 18.1. The van der Waals surface area contributed by atoms with Crippen molar-refractivity contribution in [3.05, 3.63) is 29.3 Å². The first-order valence-electron chi connectivity index (χ1n) is 10.9. The third-order valence-corrected chi connectivity index (χ3v) is 8.09. The van der Waals surface area contributed by atoms with Gasteiger partial charge in [-0.2, -0.15) is 0 Å². The number of carbonyl (C=O) groups is 1. The topological polar surface area (TPSA) is 46.9 Å². The molecule has 2 saturated heterocycles. The van der Waals surface area contributed by atoms with Crippen LogP contribution < -0.4 is 0 Å². The summed E-state index contributed by atoms with van der Waals surface area (Å²) >= 11 is 1.85. The van der Waals surface area contributed by atoms with E-state index in [1.165, 1.54) is 27.1 Å². The van der Waals surface area contributed by atoms with E-state index in [2.05, 4.69) is 48.0 Å². The number of likely N-dealkylation sites (tertiary alicyclic amines) is 1. The second-order valence-electron chi connectivity index (χ2n) is 8.88. The Morgan fingerprint density at radius 1 is 1.27 bits per heavy atom. The van der Waals surface area contributed by atoms with Crippen molar-refractivity contribution in [2.75, 3.05) is 52.8 Å². The molecule has 0 radical (unpaired) electrons. The first-order valence-corrected chi connectivity index (χ1v) is 12.1. The van der Waals surface area contributed by atoms with Gasteiger partial charge in [0.2, 0.25) is 0 Å². The highest BCUT2D eigenvalue weighted by molar-refractivity contribution is 7.98. The highest BCUT2D eigenvalue weighted by atomic mass is 32.2. The molecule has 2 aromatic rings. The molecule has 0 spiro atoms. The van der Waals surface area contributed by atoms with Crippen LogP contribution in [0.15, 0.2) is 23.2 Å². The van der Waals surface area contributed by atoms with E-state index in [0.717, 1.165) is 19.4 Å². The zero-order chi connectivity index (χ0) is 20.8. The first-order chi connectivity index (χ1) is 14.6. The number of amides is 1. The number of nitrogens with zero attached hydrogens (tertiary/aromatic N) is 3. The van der Waals surface area contributed by atoms with E-state index in [-0.39, 0.29) is 6.09 Å². The van der Waals surface area contributed by atoms with Crippen LogP contribution in [0.25, 0.3) is 10.9 Å². The first kappa shape index (κ1) is 20.2. The number of aryl methyl sites for hydroxylation is 1. The maximum Gasteiger partial charge on any atom is 0.409 e. The molecule has 2 fully saturated rings. The number of morpholine rings is 1. The lowest BCUT2D eigenvalue weighted by molar-refractivity contribution is 0.0131. The summed E-state index contributed by atoms with van der Waals surface area (Å²) in [7, 11) is 4.43. The Bertz CT molecular complexity index is 953. The lowest BCUT2D eigenvalue weighted by atomic mass is 9.72. The fourth-order valence-corrected chi connectivity index (χ4v) is 6.58. The van der Waals surface area contributed by atoms with Crippen molar-refractivity contribution < 1.29 is 14.3 Å². The average molecular weight is 430 g/mol. The number of piperidine rings is 1. The van der Waals surface area contributed by atoms with Gasteiger partial charge in [-0.05, 0) is 43.3 Å². The van der Waals surface area contributed by atoms with Gasteiger partial charge in [-0.15, -0.1) is 11.8 Å². The second kappa shape index (κ2) is 8.09. The normalized spacial score (nSPS) is 26.6. The fraction of sp³-hybridized carbons (Fsp3) is 0.609. The van der Waals surface area contributed by atoms with Crippen molar-refractivity contribution >= 4 is 28.8 Å². The lowest BCUT2D eigenvalue weighted by Gasteiger charge is -2.45. The molecule has 1 aromatic heterocycles. The van der Waals surface area contributed by atoms with Crippen molar-refractivity contribution in [3.63, 3.8) is 0 Å². The highest BCUT2D eigenvalue weighted by Gasteiger charge is 2.41. The Morgan fingerprint density at radius 3 is 2.83 bits per heavy atom. The summed E-state index contributed by atoms with van der Waals surface area (Å²) in [6, 6.07) is 7.29. The lowest BCUT2D eigenvalue weighted by Crippen LogP contribution is -2.49. The molecule has 3 aliphatic rings. The number of aromatic nitrogens is 1. The summed E-state index contributed by atoms with van der Waals surface area (Å²) in [5, 5.41) is 2.86. The number of rotatable bonds is 3. The van der Waals surface area contributed by atoms with E-state index in [0.29, 0.717) is 50.8 Å². The monoisotopic (exact) mass is 429 g/mol. The predicted molar refractivity (Wildman–Crippen MR) is 119 cm³/mol. The van der Waals surface area contributed by atoms with Crippen molar-refractivity contribution in [3.8, 4) is 0 Å². The third kappa shape index (κ3) is 3.31. The molecular formula is C23H31N3O3S.